The van der Waals surface area contributed by atoms with Crippen LogP contribution in [0.25, 0.3) is 0 Å². The quantitative estimate of drug-likeness (QED) is 0.655. The zero-order valence-electron chi connectivity index (χ0n) is 9.58. The topological polar surface area (TPSA) is 101 Å². The maximum Gasteiger partial charge on any atom is 0.308 e. The van der Waals surface area contributed by atoms with Gasteiger partial charge in [0.2, 0.25) is 11.7 Å². The van der Waals surface area contributed by atoms with E-state index in [-0.39, 0.29) is 18.7 Å². The summed E-state index contributed by atoms with van der Waals surface area (Å²) < 4.78 is 13.2. The van der Waals surface area contributed by atoms with Crippen LogP contribution in [0.2, 0.25) is 0 Å². The summed E-state index contributed by atoms with van der Waals surface area (Å²) in [4.78, 5) is 33.3. The van der Waals surface area contributed by atoms with Gasteiger partial charge < -0.3 is 10.0 Å². The van der Waals surface area contributed by atoms with Crippen molar-refractivity contribution in [2.45, 2.75) is 6.42 Å². The SMILES string of the molecule is O=C(O)[C@H]1CC(=O)N(c2ccc(F)c([N+](=O)[O-])c2)C1. The second-order valence-corrected chi connectivity index (χ2v) is 4.14. The number of carboxylic acids is 1. The first-order chi connectivity index (χ1) is 8.90. The Bertz CT molecular complexity index is 574. The van der Waals surface area contributed by atoms with Gasteiger partial charge in [-0.05, 0) is 12.1 Å². The normalized spacial score (nSPS) is 18.7. The number of nitrogens with zero attached hydrogens (tertiary/aromatic N) is 2. The summed E-state index contributed by atoms with van der Waals surface area (Å²) in [5.74, 6) is -3.41. The third-order valence-electron chi connectivity index (χ3n) is 2.91. The number of halogens is 1. The number of hydrogen-bond acceptors (Lipinski definition) is 4. The molecule has 0 unspecified atom stereocenters. The van der Waals surface area contributed by atoms with E-state index >= 15 is 0 Å². The first-order valence-corrected chi connectivity index (χ1v) is 5.37. The molecule has 0 radical (unpaired) electrons. The highest BCUT2D eigenvalue weighted by Crippen LogP contribution is 2.29. The van der Waals surface area contributed by atoms with Gasteiger partial charge in [-0.2, -0.15) is 4.39 Å². The van der Waals surface area contributed by atoms with Gasteiger partial charge >= 0.3 is 11.7 Å². The molecule has 1 atom stereocenters. The van der Waals surface area contributed by atoms with Crippen molar-refractivity contribution < 1.29 is 24.0 Å². The Balaban J connectivity index is 2.33. The van der Waals surface area contributed by atoms with Gasteiger partial charge in [-0.25, -0.2) is 0 Å². The van der Waals surface area contributed by atoms with Gasteiger partial charge in [0.15, 0.2) is 0 Å². The van der Waals surface area contributed by atoms with Gasteiger partial charge in [0.1, 0.15) is 0 Å². The maximum atomic E-state index is 13.2. The molecule has 1 fully saturated rings. The number of hydrogen-bond donors (Lipinski definition) is 1. The molecule has 1 aliphatic rings. The minimum absolute atomic E-state index is 0.0725. The molecule has 1 aliphatic heterocycles. The van der Waals surface area contributed by atoms with E-state index in [9.17, 15) is 24.1 Å². The van der Waals surface area contributed by atoms with Crippen LogP contribution in [-0.2, 0) is 9.59 Å². The van der Waals surface area contributed by atoms with E-state index in [4.69, 9.17) is 5.11 Å². The van der Waals surface area contributed by atoms with Crippen molar-refractivity contribution >= 4 is 23.3 Å². The maximum absolute atomic E-state index is 13.2. The lowest BCUT2D eigenvalue weighted by Crippen LogP contribution is -2.25. The van der Waals surface area contributed by atoms with Crippen LogP contribution in [0.5, 0.6) is 0 Å². The molecule has 100 valence electrons. The number of rotatable bonds is 3. The summed E-state index contributed by atoms with van der Waals surface area (Å²) in [6.07, 6.45) is -0.166. The smallest absolute Gasteiger partial charge is 0.308 e. The monoisotopic (exact) mass is 268 g/mol. The number of amides is 1. The van der Waals surface area contributed by atoms with Crippen molar-refractivity contribution in [3.63, 3.8) is 0 Å². The fraction of sp³-hybridized carbons (Fsp3) is 0.273. The standard InChI is InChI=1S/C11H9FN2O5/c12-8-2-1-7(4-9(8)14(18)19)13-5-6(11(16)17)3-10(13)15/h1-2,4,6H,3,5H2,(H,16,17)/t6-/m0/s1. The van der Waals surface area contributed by atoms with Crippen molar-refractivity contribution in [2.24, 2.45) is 5.92 Å². The van der Waals surface area contributed by atoms with Crippen LogP contribution in [0.1, 0.15) is 6.42 Å². The van der Waals surface area contributed by atoms with E-state index in [1.807, 2.05) is 0 Å². The molecular formula is C11H9FN2O5. The molecule has 1 heterocycles. The third-order valence-corrected chi connectivity index (χ3v) is 2.91. The first-order valence-electron chi connectivity index (χ1n) is 5.37. The lowest BCUT2D eigenvalue weighted by atomic mass is 10.1. The predicted octanol–water partition coefficient (Wildman–Crippen LogP) is 1.17. The number of aliphatic carboxylic acids is 1. The van der Waals surface area contributed by atoms with E-state index in [0.717, 1.165) is 17.0 Å². The number of nitro groups is 1. The molecule has 0 saturated carbocycles. The minimum atomic E-state index is -1.10. The zero-order chi connectivity index (χ0) is 14.2. The van der Waals surface area contributed by atoms with Crippen LogP contribution in [0.15, 0.2) is 18.2 Å². The highest BCUT2D eigenvalue weighted by Gasteiger charge is 2.35. The van der Waals surface area contributed by atoms with Crippen molar-refractivity contribution in [3.8, 4) is 0 Å². The van der Waals surface area contributed by atoms with Crippen LogP contribution >= 0.6 is 0 Å². The Morgan fingerprint density at radius 2 is 2.21 bits per heavy atom. The number of carbonyl (C=O) groups is 2. The van der Waals surface area contributed by atoms with Gasteiger partial charge in [-0.3, -0.25) is 19.7 Å². The summed E-state index contributed by atoms with van der Waals surface area (Å²) >= 11 is 0. The van der Waals surface area contributed by atoms with Gasteiger partial charge in [-0.15, -0.1) is 0 Å². The van der Waals surface area contributed by atoms with Crippen LogP contribution in [0, 0.1) is 21.8 Å². The number of anilines is 1. The Hall–Kier alpha value is -2.51. The predicted molar refractivity (Wildman–Crippen MR) is 61.2 cm³/mol. The largest absolute Gasteiger partial charge is 0.481 e. The fourth-order valence-corrected chi connectivity index (χ4v) is 1.93. The number of carbonyl (C=O) groups excluding carboxylic acids is 1. The van der Waals surface area contributed by atoms with Crippen molar-refractivity contribution in [1.29, 1.82) is 0 Å². The van der Waals surface area contributed by atoms with E-state index in [1.54, 1.807) is 0 Å². The van der Waals surface area contributed by atoms with Gasteiger partial charge in [0.05, 0.1) is 16.5 Å². The number of benzene rings is 1. The Morgan fingerprint density at radius 1 is 1.53 bits per heavy atom. The summed E-state index contributed by atoms with van der Waals surface area (Å²) in [5, 5.41) is 19.4. The molecule has 0 aliphatic carbocycles. The number of nitro benzene ring substituents is 1. The molecule has 8 heteroatoms. The second kappa shape index (κ2) is 4.63. The summed E-state index contributed by atoms with van der Waals surface area (Å²) in [7, 11) is 0. The Kier molecular flexibility index (Phi) is 3.16. The van der Waals surface area contributed by atoms with Gasteiger partial charge in [0, 0.05) is 19.0 Å². The highest BCUT2D eigenvalue weighted by atomic mass is 19.1. The second-order valence-electron chi connectivity index (χ2n) is 4.14. The fourth-order valence-electron chi connectivity index (χ4n) is 1.93. The number of carboxylic acid groups (broad SMARTS) is 1. The molecule has 19 heavy (non-hydrogen) atoms. The highest BCUT2D eigenvalue weighted by molar-refractivity contribution is 5.99. The first kappa shape index (κ1) is 12.9. The van der Waals surface area contributed by atoms with Crippen molar-refractivity contribution in [1.82, 2.24) is 0 Å². The minimum Gasteiger partial charge on any atom is -0.481 e. The molecule has 0 spiro atoms. The lowest BCUT2D eigenvalue weighted by molar-refractivity contribution is -0.387. The van der Waals surface area contributed by atoms with E-state index in [2.05, 4.69) is 0 Å². The molecule has 0 bridgehead atoms. The van der Waals surface area contributed by atoms with Crippen LogP contribution in [0.4, 0.5) is 15.8 Å². The zero-order valence-corrected chi connectivity index (χ0v) is 9.58. The van der Waals surface area contributed by atoms with Crippen molar-refractivity contribution in [2.75, 3.05) is 11.4 Å². The molecular weight excluding hydrogens is 259 g/mol. The van der Waals surface area contributed by atoms with Gasteiger partial charge in [-0.1, -0.05) is 0 Å². The Morgan fingerprint density at radius 3 is 2.74 bits per heavy atom. The molecule has 7 nitrogen and oxygen atoms in total. The van der Waals surface area contributed by atoms with E-state index in [0.29, 0.717) is 0 Å². The van der Waals surface area contributed by atoms with Crippen LogP contribution in [-0.4, -0.2) is 28.5 Å². The molecule has 1 amide bonds. The summed E-state index contributed by atoms with van der Waals surface area (Å²) in [6, 6.07) is 3.02. The molecule has 1 aromatic rings. The molecule has 2 rings (SSSR count). The third kappa shape index (κ3) is 2.37. The molecule has 1 N–H and O–H groups in total. The summed E-state index contributed by atoms with van der Waals surface area (Å²) in [6.45, 7) is -0.0725. The molecule has 1 aromatic carbocycles. The lowest BCUT2D eigenvalue weighted by Gasteiger charge is -2.15. The van der Waals surface area contributed by atoms with E-state index in [1.165, 1.54) is 6.07 Å². The molecule has 1 saturated heterocycles. The average molecular weight is 268 g/mol. The van der Waals surface area contributed by atoms with Crippen LogP contribution in [0.3, 0.4) is 0 Å². The van der Waals surface area contributed by atoms with Crippen molar-refractivity contribution in [3.05, 3.63) is 34.1 Å². The van der Waals surface area contributed by atoms with E-state index < -0.39 is 34.2 Å². The van der Waals surface area contributed by atoms with Gasteiger partial charge in [0.25, 0.3) is 0 Å². The van der Waals surface area contributed by atoms with Crippen LogP contribution < -0.4 is 4.90 Å². The molecule has 0 aromatic heterocycles. The Labute approximate surface area is 106 Å². The summed E-state index contributed by atoms with van der Waals surface area (Å²) in [5.41, 5.74) is -0.620. The average Bonchev–Trinajstić information content (AvgIpc) is 2.72.